The predicted molar refractivity (Wildman–Crippen MR) is 77.9 cm³/mol. The molecule has 0 spiro atoms. The Morgan fingerprint density at radius 1 is 0.864 bits per heavy atom. The van der Waals surface area contributed by atoms with Crippen LogP contribution in [0.4, 0.5) is 0 Å². The second-order valence-corrected chi connectivity index (χ2v) is 4.45. The average molecular weight is 302 g/mol. The Kier molecular flexibility index (Phi) is 4.31. The molecule has 0 fully saturated rings. The van der Waals surface area contributed by atoms with Crippen LogP contribution in [0.3, 0.4) is 0 Å². The Balaban J connectivity index is 2.50. The van der Waals surface area contributed by atoms with Crippen LogP contribution < -0.4 is 0 Å². The molecule has 0 atom stereocenters. The van der Waals surface area contributed by atoms with Crippen LogP contribution in [0.15, 0.2) is 36.4 Å². The Bertz CT molecular complexity index is 735. The summed E-state index contributed by atoms with van der Waals surface area (Å²) in [6.45, 7) is 0. The minimum Gasteiger partial charge on any atom is -0.507 e. The lowest BCUT2D eigenvalue weighted by Gasteiger charge is -2.09. The highest BCUT2D eigenvalue weighted by Crippen LogP contribution is 2.33. The van der Waals surface area contributed by atoms with Crippen LogP contribution in [0.25, 0.3) is 11.1 Å². The van der Waals surface area contributed by atoms with Crippen LogP contribution in [0.1, 0.15) is 20.7 Å². The van der Waals surface area contributed by atoms with Crippen LogP contribution in [0.5, 0.6) is 11.5 Å². The van der Waals surface area contributed by atoms with Gasteiger partial charge < -0.3 is 19.7 Å². The van der Waals surface area contributed by atoms with Crippen LogP contribution in [0.2, 0.25) is 0 Å². The number of aromatic hydroxyl groups is 2. The molecular formula is C16H14O6. The lowest BCUT2D eigenvalue weighted by atomic mass is 10.00. The number of methoxy groups -OCH3 is 2. The number of carbonyl (C=O) groups is 2. The quantitative estimate of drug-likeness (QED) is 0.845. The molecule has 6 nitrogen and oxygen atoms in total. The largest absolute Gasteiger partial charge is 0.507 e. The number of carbonyl (C=O) groups excluding carboxylic acids is 2. The number of phenols is 2. The predicted octanol–water partition coefficient (Wildman–Crippen LogP) is 2.34. The third-order valence-corrected chi connectivity index (χ3v) is 3.13. The Hall–Kier alpha value is -3.02. The molecule has 0 unspecified atom stereocenters. The molecule has 0 saturated heterocycles. The molecule has 0 aliphatic carbocycles. The fraction of sp³-hybridized carbons (Fsp3) is 0.125. The first-order valence-electron chi connectivity index (χ1n) is 6.31. The molecule has 0 aromatic heterocycles. The second-order valence-electron chi connectivity index (χ2n) is 4.45. The molecule has 6 heteroatoms. The van der Waals surface area contributed by atoms with Crippen molar-refractivity contribution in [2.24, 2.45) is 0 Å². The highest BCUT2D eigenvalue weighted by molar-refractivity contribution is 5.94. The van der Waals surface area contributed by atoms with E-state index < -0.39 is 11.9 Å². The van der Waals surface area contributed by atoms with Crippen LogP contribution in [0, 0.1) is 0 Å². The second kappa shape index (κ2) is 6.17. The summed E-state index contributed by atoms with van der Waals surface area (Å²) in [5.74, 6) is -1.57. The van der Waals surface area contributed by atoms with Gasteiger partial charge in [0.1, 0.15) is 17.1 Å². The minimum absolute atomic E-state index is 0.00913. The summed E-state index contributed by atoms with van der Waals surface area (Å²) in [6, 6.07) is 8.43. The molecule has 2 aromatic rings. The van der Waals surface area contributed by atoms with E-state index in [-0.39, 0.29) is 22.6 Å². The molecule has 0 aliphatic rings. The Morgan fingerprint density at radius 3 is 2.14 bits per heavy atom. The van der Waals surface area contributed by atoms with E-state index in [2.05, 4.69) is 9.47 Å². The van der Waals surface area contributed by atoms with Gasteiger partial charge in [-0.15, -0.1) is 0 Å². The number of ether oxygens (including phenoxy) is 2. The maximum atomic E-state index is 11.5. The summed E-state index contributed by atoms with van der Waals surface area (Å²) in [4.78, 5) is 23.0. The van der Waals surface area contributed by atoms with Gasteiger partial charge in [-0.25, -0.2) is 9.59 Å². The third-order valence-electron chi connectivity index (χ3n) is 3.13. The van der Waals surface area contributed by atoms with Gasteiger partial charge in [0.25, 0.3) is 0 Å². The van der Waals surface area contributed by atoms with Gasteiger partial charge in [0.05, 0.1) is 19.8 Å². The zero-order chi connectivity index (χ0) is 16.3. The van der Waals surface area contributed by atoms with Crippen molar-refractivity contribution in [3.8, 4) is 22.6 Å². The summed E-state index contributed by atoms with van der Waals surface area (Å²) in [7, 11) is 2.47. The van der Waals surface area contributed by atoms with Gasteiger partial charge in [-0.2, -0.15) is 0 Å². The van der Waals surface area contributed by atoms with Gasteiger partial charge in [0.15, 0.2) is 0 Å². The van der Waals surface area contributed by atoms with Crippen molar-refractivity contribution in [3.05, 3.63) is 47.5 Å². The molecule has 114 valence electrons. The average Bonchev–Trinajstić information content (AvgIpc) is 2.53. The first-order chi connectivity index (χ1) is 10.5. The first kappa shape index (κ1) is 15.4. The van der Waals surface area contributed by atoms with Crippen molar-refractivity contribution < 1.29 is 29.3 Å². The third kappa shape index (κ3) is 2.85. The first-order valence-corrected chi connectivity index (χ1v) is 6.31. The maximum Gasteiger partial charge on any atom is 0.341 e. The molecule has 0 radical (unpaired) electrons. The van der Waals surface area contributed by atoms with E-state index in [4.69, 9.17) is 0 Å². The lowest BCUT2D eigenvalue weighted by Crippen LogP contribution is -2.02. The monoisotopic (exact) mass is 302 g/mol. The molecule has 0 aliphatic heterocycles. The molecular weight excluding hydrogens is 288 g/mol. The summed E-state index contributed by atoms with van der Waals surface area (Å²) < 4.78 is 9.17. The van der Waals surface area contributed by atoms with Crippen molar-refractivity contribution in [1.29, 1.82) is 0 Å². The fourth-order valence-electron chi connectivity index (χ4n) is 1.99. The minimum atomic E-state index is -0.670. The van der Waals surface area contributed by atoms with E-state index in [0.717, 1.165) is 0 Å². The van der Waals surface area contributed by atoms with Gasteiger partial charge in [-0.05, 0) is 35.9 Å². The Labute approximate surface area is 126 Å². The summed E-state index contributed by atoms with van der Waals surface area (Å²) >= 11 is 0. The topological polar surface area (TPSA) is 93.1 Å². The van der Waals surface area contributed by atoms with Gasteiger partial charge in [0, 0.05) is 5.56 Å². The van der Waals surface area contributed by atoms with Crippen molar-refractivity contribution in [2.75, 3.05) is 14.2 Å². The summed E-state index contributed by atoms with van der Waals surface area (Å²) in [6.07, 6.45) is 0. The number of benzene rings is 2. The van der Waals surface area contributed by atoms with Gasteiger partial charge in [-0.3, -0.25) is 0 Å². The molecule has 0 saturated carbocycles. The molecule has 0 bridgehead atoms. The van der Waals surface area contributed by atoms with E-state index >= 15 is 0 Å². The van der Waals surface area contributed by atoms with E-state index in [1.165, 1.54) is 50.6 Å². The van der Waals surface area contributed by atoms with Crippen LogP contribution in [-0.4, -0.2) is 36.4 Å². The highest BCUT2D eigenvalue weighted by Gasteiger charge is 2.15. The van der Waals surface area contributed by atoms with Gasteiger partial charge in [-0.1, -0.05) is 6.07 Å². The van der Waals surface area contributed by atoms with Crippen molar-refractivity contribution in [2.45, 2.75) is 0 Å². The zero-order valence-corrected chi connectivity index (χ0v) is 12.0. The number of hydrogen-bond acceptors (Lipinski definition) is 6. The maximum absolute atomic E-state index is 11.5. The molecule has 0 amide bonds. The Morgan fingerprint density at radius 2 is 1.55 bits per heavy atom. The fourth-order valence-corrected chi connectivity index (χ4v) is 1.99. The molecule has 22 heavy (non-hydrogen) atoms. The number of phenolic OH excluding ortho intramolecular Hbond substituents is 2. The van der Waals surface area contributed by atoms with E-state index in [9.17, 15) is 19.8 Å². The molecule has 2 aromatic carbocycles. The SMILES string of the molecule is COC(=O)c1ccc(O)c(-c2ccc(C(=O)OC)c(O)c2)c1. The van der Waals surface area contributed by atoms with Crippen LogP contribution >= 0.6 is 0 Å². The smallest absolute Gasteiger partial charge is 0.341 e. The van der Waals surface area contributed by atoms with Gasteiger partial charge in [0.2, 0.25) is 0 Å². The normalized spacial score (nSPS) is 10.1. The van der Waals surface area contributed by atoms with E-state index in [1.807, 2.05) is 0 Å². The molecule has 0 heterocycles. The summed E-state index contributed by atoms with van der Waals surface area (Å²) in [5, 5.41) is 19.8. The van der Waals surface area contributed by atoms with E-state index in [0.29, 0.717) is 11.1 Å². The van der Waals surface area contributed by atoms with E-state index in [1.54, 1.807) is 0 Å². The lowest BCUT2D eigenvalue weighted by molar-refractivity contribution is 0.0590. The van der Waals surface area contributed by atoms with Gasteiger partial charge >= 0.3 is 11.9 Å². The van der Waals surface area contributed by atoms with Crippen molar-refractivity contribution >= 4 is 11.9 Å². The summed E-state index contributed by atoms with van der Waals surface area (Å²) in [5.41, 5.74) is 1.03. The standard InChI is InChI=1S/C16H14O6/c1-21-15(19)10-4-6-13(17)12(7-10)9-3-5-11(14(18)8-9)16(20)22-2/h3-8,17-18H,1-2H3. The number of hydrogen-bond donors (Lipinski definition) is 2. The van der Waals surface area contributed by atoms with Crippen LogP contribution in [-0.2, 0) is 9.47 Å². The number of esters is 2. The number of rotatable bonds is 3. The highest BCUT2D eigenvalue weighted by atomic mass is 16.5. The van der Waals surface area contributed by atoms with Crippen molar-refractivity contribution in [1.82, 2.24) is 0 Å². The molecule has 2 rings (SSSR count). The zero-order valence-electron chi connectivity index (χ0n) is 12.0. The van der Waals surface area contributed by atoms with Crippen molar-refractivity contribution in [3.63, 3.8) is 0 Å². The molecule has 2 N–H and O–H groups in total.